The molecular weight excluding hydrogens is 266 g/mol. The number of benzene rings is 1. The fraction of sp³-hybridized carbons (Fsp3) is 0.625. The zero-order valence-corrected chi connectivity index (χ0v) is 12.5. The van der Waals surface area contributed by atoms with Crippen molar-refractivity contribution in [1.82, 2.24) is 5.32 Å². The molecule has 3 rings (SSSR count). The number of aryl methyl sites for hydroxylation is 1. The predicted octanol–water partition coefficient (Wildman–Crippen LogP) is 3.01. The average Bonchev–Trinajstić information content (AvgIpc) is 3.01. The molecule has 2 fully saturated rings. The molecule has 1 N–H and O–H groups in total. The van der Waals surface area contributed by atoms with Gasteiger partial charge in [-0.05, 0) is 51.1 Å². The second-order valence-electron chi connectivity index (χ2n) is 6.16. The van der Waals surface area contributed by atoms with Gasteiger partial charge in [0.05, 0.1) is 4.92 Å². The molecule has 2 heterocycles. The van der Waals surface area contributed by atoms with E-state index in [1.807, 2.05) is 13.0 Å². The SMILES string of the molecule is Cc1cccc([N+](=O)[O-])c1N1CCCCC1C1CCCN1. The highest BCUT2D eigenvalue weighted by atomic mass is 16.6. The Morgan fingerprint density at radius 3 is 2.86 bits per heavy atom. The van der Waals surface area contributed by atoms with Crippen molar-refractivity contribution in [2.45, 2.75) is 51.1 Å². The van der Waals surface area contributed by atoms with E-state index in [0.29, 0.717) is 12.1 Å². The van der Waals surface area contributed by atoms with E-state index in [2.05, 4.69) is 10.2 Å². The number of rotatable bonds is 3. The van der Waals surface area contributed by atoms with Gasteiger partial charge in [0.1, 0.15) is 5.69 Å². The Labute approximate surface area is 125 Å². The van der Waals surface area contributed by atoms with E-state index >= 15 is 0 Å². The highest BCUT2D eigenvalue weighted by Crippen LogP contribution is 2.37. The minimum atomic E-state index is -0.240. The van der Waals surface area contributed by atoms with Crippen LogP contribution in [-0.2, 0) is 0 Å². The van der Waals surface area contributed by atoms with Gasteiger partial charge < -0.3 is 10.2 Å². The smallest absolute Gasteiger partial charge is 0.292 e. The molecule has 0 saturated carbocycles. The van der Waals surface area contributed by atoms with E-state index in [9.17, 15) is 10.1 Å². The number of hydrogen-bond acceptors (Lipinski definition) is 4. The summed E-state index contributed by atoms with van der Waals surface area (Å²) in [7, 11) is 0. The maximum Gasteiger partial charge on any atom is 0.292 e. The summed E-state index contributed by atoms with van der Waals surface area (Å²) in [6.45, 7) is 3.98. The number of nitrogens with zero attached hydrogens (tertiary/aromatic N) is 2. The van der Waals surface area contributed by atoms with Crippen molar-refractivity contribution in [2.75, 3.05) is 18.0 Å². The van der Waals surface area contributed by atoms with Crippen LogP contribution in [-0.4, -0.2) is 30.1 Å². The number of piperidine rings is 1. The lowest BCUT2D eigenvalue weighted by Crippen LogP contribution is -2.50. The van der Waals surface area contributed by atoms with E-state index in [1.54, 1.807) is 12.1 Å². The fourth-order valence-electron chi connectivity index (χ4n) is 3.86. The summed E-state index contributed by atoms with van der Waals surface area (Å²) in [5, 5.41) is 15.0. The van der Waals surface area contributed by atoms with Crippen molar-refractivity contribution >= 4 is 11.4 Å². The molecule has 1 aromatic rings. The Morgan fingerprint density at radius 1 is 1.29 bits per heavy atom. The van der Waals surface area contributed by atoms with E-state index < -0.39 is 0 Å². The van der Waals surface area contributed by atoms with Gasteiger partial charge >= 0.3 is 0 Å². The quantitative estimate of drug-likeness (QED) is 0.686. The predicted molar refractivity (Wildman–Crippen MR) is 83.8 cm³/mol. The molecule has 5 nitrogen and oxygen atoms in total. The monoisotopic (exact) mass is 289 g/mol. The summed E-state index contributed by atoms with van der Waals surface area (Å²) >= 11 is 0. The lowest BCUT2D eigenvalue weighted by Gasteiger charge is -2.41. The number of nitro groups is 1. The highest BCUT2D eigenvalue weighted by Gasteiger charge is 2.35. The zero-order valence-electron chi connectivity index (χ0n) is 12.5. The van der Waals surface area contributed by atoms with Gasteiger partial charge in [-0.15, -0.1) is 0 Å². The molecule has 5 heteroatoms. The van der Waals surface area contributed by atoms with Gasteiger partial charge in [-0.25, -0.2) is 0 Å². The van der Waals surface area contributed by atoms with Crippen LogP contribution in [0.1, 0.15) is 37.7 Å². The number of nitrogens with one attached hydrogen (secondary N) is 1. The van der Waals surface area contributed by atoms with Gasteiger partial charge in [-0.3, -0.25) is 10.1 Å². The minimum Gasteiger partial charge on any atom is -0.361 e. The Bertz CT molecular complexity index is 526. The van der Waals surface area contributed by atoms with Gasteiger partial charge in [0.2, 0.25) is 0 Å². The zero-order chi connectivity index (χ0) is 14.8. The van der Waals surface area contributed by atoms with Crippen LogP contribution in [0, 0.1) is 17.0 Å². The number of nitro benzene ring substituents is 1. The second-order valence-corrected chi connectivity index (χ2v) is 6.16. The van der Waals surface area contributed by atoms with Gasteiger partial charge in [0.25, 0.3) is 5.69 Å². The second kappa shape index (κ2) is 6.02. The van der Waals surface area contributed by atoms with Gasteiger partial charge in [0.15, 0.2) is 0 Å². The third kappa shape index (κ3) is 2.75. The lowest BCUT2D eigenvalue weighted by molar-refractivity contribution is -0.384. The molecule has 0 aromatic heterocycles. The van der Waals surface area contributed by atoms with Crippen LogP contribution in [0.2, 0.25) is 0 Å². The Hall–Kier alpha value is -1.62. The third-order valence-corrected chi connectivity index (χ3v) is 4.81. The maximum absolute atomic E-state index is 11.4. The first-order valence-electron chi connectivity index (χ1n) is 7.92. The molecule has 0 aliphatic carbocycles. The standard InChI is InChI=1S/C16H23N3O2/c1-12-6-4-9-15(19(20)21)16(12)18-11-3-2-8-14(18)13-7-5-10-17-13/h4,6,9,13-14,17H,2-3,5,7-8,10-11H2,1H3. The van der Waals surface area contributed by atoms with Gasteiger partial charge in [-0.1, -0.05) is 12.1 Å². The van der Waals surface area contributed by atoms with Crippen molar-refractivity contribution in [3.05, 3.63) is 33.9 Å². The summed E-state index contributed by atoms with van der Waals surface area (Å²) in [6, 6.07) is 6.26. The Kier molecular flexibility index (Phi) is 4.10. The molecule has 114 valence electrons. The van der Waals surface area contributed by atoms with Crippen LogP contribution >= 0.6 is 0 Å². The first-order chi connectivity index (χ1) is 10.2. The fourth-order valence-corrected chi connectivity index (χ4v) is 3.86. The summed E-state index contributed by atoms with van der Waals surface area (Å²) in [6.07, 6.45) is 5.86. The summed E-state index contributed by atoms with van der Waals surface area (Å²) in [5.74, 6) is 0. The van der Waals surface area contributed by atoms with E-state index in [0.717, 1.165) is 37.2 Å². The van der Waals surface area contributed by atoms with Crippen molar-refractivity contribution in [3.8, 4) is 0 Å². The molecule has 0 bridgehead atoms. The van der Waals surface area contributed by atoms with Crippen LogP contribution in [0.3, 0.4) is 0 Å². The molecule has 21 heavy (non-hydrogen) atoms. The molecule has 0 radical (unpaired) electrons. The average molecular weight is 289 g/mol. The Balaban J connectivity index is 1.98. The third-order valence-electron chi connectivity index (χ3n) is 4.81. The largest absolute Gasteiger partial charge is 0.361 e. The van der Waals surface area contributed by atoms with Crippen LogP contribution in [0.15, 0.2) is 18.2 Å². The Morgan fingerprint density at radius 2 is 2.14 bits per heavy atom. The van der Waals surface area contributed by atoms with E-state index in [1.165, 1.54) is 19.3 Å². The van der Waals surface area contributed by atoms with Crippen molar-refractivity contribution in [2.24, 2.45) is 0 Å². The molecule has 1 aromatic carbocycles. The van der Waals surface area contributed by atoms with E-state index in [4.69, 9.17) is 0 Å². The number of anilines is 1. The number of para-hydroxylation sites is 1. The van der Waals surface area contributed by atoms with Crippen molar-refractivity contribution in [1.29, 1.82) is 0 Å². The van der Waals surface area contributed by atoms with Crippen LogP contribution < -0.4 is 10.2 Å². The molecule has 0 amide bonds. The summed E-state index contributed by atoms with van der Waals surface area (Å²) in [5.41, 5.74) is 2.09. The summed E-state index contributed by atoms with van der Waals surface area (Å²) in [4.78, 5) is 13.5. The van der Waals surface area contributed by atoms with Crippen LogP contribution in [0.4, 0.5) is 11.4 Å². The first kappa shape index (κ1) is 14.3. The normalized spacial score (nSPS) is 26.0. The van der Waals surface area contributed by atoms with Crippen LogP contribution in [0.5, 0.6) is 0 Å². The molecular formula is C16H23N3O2. The van der Waals surface area contributed by atoms with Crippen molar-refractivity contribution in [3.63, 3.8) is 0 Å². The van der Waals surface area contributed by atoms with Gasteiger partial charge in [0, 0.05) is 24.7 Å². The molecule has 2 saturated heterocycles. The van der Waals surface area contributed by atoms with Gasteiger partial charge in [-0.2, -0.15) is 0 Å². The molecule has 2 aliphatic heterocycles. The number of hydrogen-bond donors (Lipinski definition) is 1. The topological polar surface area (TPSA) is 58.4 Å². The molecule has 0 spiro atoms. The minimum absolute atomic E-state index is 0.240. The molecule has 2 aliphatic rings. The molecule has 2 unspecified atom stereocenters. The highest BCUT2D eigenvalue weighted by molar-refractivity contribution is 5.68. The summed E-state index contributed by atoms with van der Waals surface area (Å²) < 4.78 is 0. The molecule has 2 atom stereocenters. The lowest BCUT2D eigenvalue weighted by atomic mass is 9.93. The maximum atomic E-state index is 11.4. The van der Waals surface area contributed by atoms with Crippen LogP contribution in [0.25, 0.3) is 0 Å². The van der Waals surface area contributed by atoms with E-state index in [-0.39, 0.29) is 10.6 Å². The van der Waals surface area contributed by atoms with Crippen molar-refractivity contribution < 1.29 is 4.92 Å². The first-order valence-corrected chi connectivity index (χ1v) is 7.92.